The lowest BCUT2D eigenvalue weighted by Gasteiger charge is -2.23. The molecule has 0 N–H and O–H groups in total. The van der Waals surface area contributed by atoms with Gasteiger partial charge >= 0.3 is 5.97 Å². The van der Waals surface area contributed by atoms with Crippen LogP contribution in [0.1, 0.15) is 26.7 Å². The maximum atomic E-state index is 12.0. The predicted molar refractivity (Wildman–Crippen MR) is 60.7 cm³/mol. The lowest BCUT2D eigenvalue weighted by Crippen LogP contribution is -2.45. The molecule has 0 aromatic rings. The van der Waals surface area contributed by atoms with E-state index < -0.39 is 5.60 Å². The summed E-state index contributed by atoms with van der Waals surface area (Å²) in [7, 11) is 1.49. The molecule has 2 atom stereocenters. The van der Waals surface area contributed by atoms with Gasteiger partial charge in [-0.05, 0) is 20.3 Å². The second-order valence-corrected chi connectivity index (χ2v) is 4.13. The summed E-state index contributed by atoms with van der Waals surface area (Å²) in [5.41, 5.74) is 0.517. The highest BCUT2D eigenvalue weighted by atomic mass is 16.7. The number of hydrogen-bond donors (Lipinski definition) is 0. The van der Waals surface area contributed by atoms with Gasteiger partial charge in [-0.2, -0.15) is 0 Å². The van der Waals surface area contributed by atoms with Gasteiger partial charge in [-0.3, -0.25) is 0 Å². The number of fused-ring (bicyclic) bond motifs is 1. The van der Waals surface area contributed by atoms with Crippen molar-refractivity contribution < 1.29 is 19.2 Å². The maximum Gasteiger partial charge on any atom is 0.354 e. The van der Waals surface area contributed by atoms with Gasteiger partial charge in [0, 0.05) is 6.42 Å². The van der Waals surface area contributed by atoms with E-state index in [2.05, 4.69) is 10.3 Å². The molecule has 0 radical (unpaired) electrons. The van der Waals surface area contributed by atoms with E-state index in [9.17, 15) is 4.79 Å². The zero-order chi connectivity index (χ0) is 12.5. The highest BCUT2D eigenvalue weighted by Gasteiger charge is 2.61. The molecule has 2 unspecified atom stereocenters. The molecule has 0 bridgehead atoms. The molecular weight excluding hydrogens is 224 g/mol. The molecule has 1 aliphatic carbocycles. The number of hydrogen-bond acceptors (Lipinski definition) is 6. The summed E-state index contributed by atoms with van der Waals surface area (Å²) in [4.78, 5) is 22.2. The summed E-state index contributed by atoms with van der Waals surface area (Å²) in [5.74, 6) is -0.617. The minimum atomic E-state index is -1.02. The predicted octanol–water partition coefficient (Wildman–Crippen LogP) is 1.11. The van der Waals surface area contributed by atoms with Crippen LogP contribution in [0.5, 0.6) is 0 Å². The number of ether oxygens (including phenoxy) is 1. The quantitative estimate of drug-likeness (QED) is 0.547. The van der Waals surface area contributed by atoms with Crippen molar-refractivity contribution in [2.24, 2.45) is 16.2 Å². The number of esters is 1. The molecule has 0 amide bonds. The van der Waals surface area contributed by atoms with Crippen LogP contribution in [0.25, 0.3) is 0 Å². The van der Waals surface area contributed by atoms with Crippen molar-refractivity contribution in [1.29, 1.82) is 0 Å². The van der Waals surface area contributed by atoms with Crippen molar-refractivity contribution in [1.82, 2.24) is 0 Å². The smallest absolute Gasteiger partial charge is 0.354 e. The van der Waals surface area contributed by atoms with Gasteiger partial charge in [-0.25, -0.2) is 4.79 Å². The van der Waals surface area contributed by atoms with E-state index in [0.717, 1.165) is 11.4 Å². The molecule has 1 fully saturated rings. The number of carbonyl (C=O) groups is 1. The van der Waals surface area contributed by atoms with E-state index in [0.29, 0.717) is 19.4 Å². The van der Waals surface area contributed by atoms with Gasteiger partial charge < -0.3 is 14.4 Å². The van der Waals surface area contributed by atoms with E-state index in [4.69, 9.17) is 14.4 Å². The normalized spacial score (nSPS) is 33.0. The van der Waals surface area contributed by atoms with Gasteiger partial charge in [0.15, 0.2) is 0 Å². The molecule has 1 heterocycles. The largest absolute Gasteiger partial charge is 0.463 e. The molecule has 2 rings (SSSR count). The van der Waals surface area contributed by atoms with Crippen LogP contribution in [0.15, 0.2) is 10.3 Å². The van der Waals surface area contributed by atoms with Crippen LogP contribution in [-0.2, 0) is 19.2 Å². The molecular formula is C11H16N2O4. The Kier molecular flexibility index (Phi) is 3.04. The number of carbonyl (C=O) groups excluding carboxylic acids is 1. The average Bonchev–Trinajstić information content (AvgIpc) is 2.82. The molecule has 0 saturated heterocycles. The third kappa shape index (κ3) is 1.67. The molecule has 1 saturated carbocycles. The lowest BCUT2D eigenvalue weighted by molar-refractivity contribution is -0.170. The Labute approximate surface area is 99.6 Å². The van der Waals surface area contributed by atoms with Crippen LogP contribution in [0, 0.1) is 5.92 Å². The van der Waals surface area contributed by atoms with Crippen molar-refractivity contribution in [3.63, 3.8) is 0 Å². The van der Waals surface area contributed by atoms with Crippen LogP contribution < -0.4 is 0 Å². The first-order valence-corrected chi connectivity index (χ1v) is 5.65. The van der Waals surface area contributed by atoms with Gasteiger partial charge in [0.25, 0.3) is 0 Å². The van der Waals surface area contributed by atoms with Crippen molar-refractivity contribution in [3.8, 4) is 0 Å². The minimum Gasteiger partial charge on any atom is -0.463 e. The number of oxime groups is 2. The van der Waals surface area contributed by atoms with Crippen molar-refractivity contribution >= 4 is 17.4 Å². The van der Waals surface area contributed by atoms with Crippen molar-refractivity contribution in [2.45, 2.75) is 32.3 Å². The van der Waals surface area contributed by atoms with Gasteiger partial charge in [0.05, 0.1) is 23.9 Å². The third-order valence-electron chi connectivity index (χ3n) is 3.15. The fraction of sp³-hybridized carbons (Fsp3) is 0.727. The van der Waals surface area contributed by atoms with Crippen LogP contribution in [0.2, 0.25) is 0 Å². The Morgan fingerprint density at radius 3 is 3.12 bits per heavy atom. The summed E-state index contributed by atoms with van der Waals surface area (Å²) >= 11 is 0. The zero-order valence-electron chi connectivity index (χ0n) is 10.2. The first-order valence-electron chi connectivity index (χ1n) is 5.65. The number of nitrogens with zero attached hydrogens (tertiary/aromatic N) is 2. The summed E-state index contributed by atoms with van der Waals surface area (Å²) < 4.78 is 5.07. The van der Waals surface area contributed by atoms with Crippen molar-refractivity contribution in [3.05, 3.63) is 0 Å². The monoisotopic (exact) mass is 240 g/mol. The molecule has 0 spiro atoms. The van der Waals surface area contributed by atoms with E-state index in [1.54, 1.807) is 6.92 Å². The number of rotatable bonds is 3. The fourth-order valence-corrected chi connectivity index (χ4v) is 2.48. The topological polar surface area (TPSA) is 69.5 Å². The van der Waals surface area contributed by atoms with Crippen LogP contribution in [0.4, 0.5) is 0 Å². The van der Waals surface area contributed by atoms with Crippen molar-refractivity contribution in [2.75, 3.05) is 13.7 Å². The van der Waals surface area contributed by atoms with Gasteiger partial charge in [-0.15, -0.1) is 0 Å². The van der Waals surface area contributed by atoms with Gasteiger partial charge in [-0.1, -0.05) is 10.3 Å². The molecule has 1 aliphatic heterocycles. The highest BCUT2D eigenvalue weighted by molar-refractivity contribution is 6.14. The molecule has 17 heavy (non-hydrogen) atoms. The Balaban J connectivity index is 2.31. The summed E-state index contributed by atoms with van der Waals surface area (Å²) in [5, 5.41) is 7.86. The highest BCUT2D eigenvalue weighted by Crippen LogP contribution is 2.43. The van der Waals surface area contributed by atoms with Gasteiger partial charge in [0.1, 0.15) is 7.11 Å². The van der Waals surface area contributed by atoms with Crippen LogP contribution in [0.3, 0.4) is 0 Å². The lowest BCUT2D eigenvalue weighted by atomic mass is 9.87. The first-order chi connectivity index (χ1) is 8.15. The standard InChI is InChI=1S/C11H16N2O4/c1-4-16-10(14)11-6-5-8(13-15-3)9(11)7(2)12-17-11/h9H,4-6H2,1-3H3/b13-8+. The van der Waals surface area contributed by atoms with Crippen LogP contribution in [-0.4, -0.2) is 36.7 Å². The Morgan fingerprint density at radius 2 is 2.47 bits per heavy atom. The SMILES string of the molecule is CCOC(=O)C12CC/C(=N\OC)C1C(C)=NO2. The van der Waals surface area contributed by atoms with E-state index >= 15 is 0 Å². The molecule has 0 aromatic heterocycles. The Bertz CT molecular complexity index is 391. The molecule has 94 valence electrons. The first kappa shape index (κ1) is 11.9. The fourth-order valence-electron chi connectivity index (χ4n) is 2.48. The van der Waals surface area contributed by atoms with E-state index in [-0.39, 0.29) is 11.9 Å². The molecule has 2 aliphatic rings. The summed E-state index contributed by atoms with van der Waals surface area (Å²) in [6.07, 6.45) is 1.18. The average molecular weight is 240 g/mol. The maximum absolute atomic E-state index is 12.0. The van der Waals surface area contributed by atoms with Gasteiger partial charge in [0.2, 0.25) is 5.60 Å². The Hall–Kier alpha value is -1.59. The second-order valence-electron chi connectivity index (χ2n) is 4.13. The molecule has 6 heteroatoms. The van der Waals surface area contributed by atoms with E-state index in [1.165, 1.54) is 7.11 Å². The molecule has 6 nitrogen and oxygen atoms in total. The second kappa shape index (κ2) is 4.35. The third-order valence-corrected chi connectivity index (χ3v) is 3.15. The van der Waals surface area contributed by atoms with Crippen LogP contribution >= 0.6 is 0 Å². The summed E-state index contributed by atoms with van der Waals surface area (Å²) in [6, 6.07) is 0. The zero-order valence-corrected chi connectivity index (χ0v) is 10.2. The minimum absolute atomic E-state index is 0.249. The molecule has 0 aromatic carbocycles. The Morgan fingerprint density at radius 1 is 1.71 bits per heavy atom. The van der Waals surface area contributed by atoms with E-state index in [1.807, 2.05) is 6.92 Å². The summed E-state index contributed by atoms with van der Waals surface area (Å²) in [6.45, 7) is 3.92.